The summed E-state index contributed by atoms with van der Waals surface area (Å²) in [5.41, 5.74) is 0.669. The smallest absolute Gasteiger partial charge is 0.239 e. The number of fused-ring (bicyclic) bond motifs is 1. The monoisotopic (exact) mass is 249 g/mol. The first-order valence-corrected chi connectivity index (χ1v) is 6.51. The largest absolute Gasteiger partial charge is 0.360 e. The van der Waals surface area contributed by atoms with E-state index in [2.05, 4.69) is 27.8 Å². The SMILES string of the molecule is CC1(C)NC(c2cc3[nH]ccc3s2)CNC1=O. The number of nitrogens with one attached hydrogen (secondary N) is 3. The zero-order valence-electron chi connectivity index (χ0n) is 9.83. The Morgan fingerprint density at radius 3 is 3.00 bits per heavy atom. The molecule has 90 valence electrons. The lowest BCUT2D eigenvalue weighted by molar-refractivity contribution is -0.128. The van der Waals surface area contributed by atoms with Gasteiger partial charge in [0.1, 0.15) is 0 Å². The van der Waals surface area contributed by atoms with Crippen LogP contribution in [0.2, 0.25) is 0 Å². The molecule has 0 saturated carbocycles. The van der Waals surface area contributed by atoms with Gasteiger partial charge in [-0.1, -0.05) is 0 Å². The second-order valence-electron chi connectivity index (χ2n) is 4.94. The summed E-state index contributed by atoms with van der Waals surface area (Å²) in [6.07, 6.45) is 1.95. The van der Waals surface area contributed by atoms with Crippen LogP contribution in [0.4, 0.5) is 0 Å². The van der Waals surface area contributed by atoms with Crippen LogP contribution in [0.3, 0.4) is 0 Å². The molecule has 1 unspecified atom stereocenters. The van der Waals surface area contributed by atoms with Crippen LogP contribution < -0.4 is 10.6 Å². The first-order chi connectivity index (χ1) is 8.06. The average molecular weight is 249 g/mol. The highest BCUT2D eigenvalue weighted by molar-refractivity contribution is 7.19. The van der Waals surface area contributed by atoms with Crippen molar-refractivity contribution < 1.29 is 4.79 Å². The van der Waals surface area contributed by atoms with Crippen molar-refractivity contribution in [2.75, 3.05) is 6.54 Å². The van der Waals surface area contributed by atoms with Crippen molar-refractivity contribution in [2.24, 2.45) is 0 Å². The summed E-state index contributed by atoms with van der Waals surface area (Å²) in [5.74, 6) is 0.0656. The maximum atomic E-state index is 11.6. The molecule has 2 aromatic heterocycles. The minimum Gasteiger partial charge on any atom is -0.360 e. The first kappa shape index (κ1) is 10.8. The van der Waals surface area contributed by atoms with E-state index < -0.39 is 5.54 Å². The number of hydrogen-bond donors (Lipinski definition) is 3. The van der Waals surface area contributed by atoms with Gasteiger partial charge in [-0.15, -0.1) is 11.3 Å². The van der Waals surface area contributed by atoms with Gasteiger partial charge in [-0.05, 0) is 26.0 Å². The van der Waals surface area contributed by atoms with Crippen molar-refractivity contribution in [1.29, 1.82) is 0 Å². The Morgan fingerprint density at radius 2 is 2.29 bits per heavy atom. The predicted octanol–water partition coefficient (Wildman–Crippen LogP) is 1.77. The highest BCUT2D eigenvalue weighted by Gasteiger charge is 2.35. The molecule has 1 saturated heterocycles. The lowest BCUT2D eigenvalue weighted by atomic mass is 9.98. The Balaban J connectivity index is 1.90. The van der Waals surface area contributed by atoms with Gasteiger partial charge < -0.3 is 10.3 Å². The standard InChI is InChI=1S/C12H15N3OS/c1-12(2)11(16)14-6-8(15-12)10-5-7-9(17-10)3-4-13-7/h3-5,8,13,15H,6H2,1-2H3,(H,14,16). The molecule has 4 nitrogen and oxygen atoms in total. The van der Waals surface area contributed by atoms with E-state index in [9.17, 15) is 4.79 Å². The van der Waals surface area contributed by atoms with Crippen LogP contribution in [-0.4, -0.2) is 23.0 Å². The molecule has 1 atom stereocenters. The molecule has 1 fully saturated rings. The van der Waals surface area contributed by atoms with Crippen LogP contribution in [0.25, 0.3) is 10.2 Å². The van der Waals surface area contributed by atoms with Gasteiger partial charge in [0.2, 0.25) is 5.91 Å². The van der Waals surface area contributed by atoms with E-state index in [0.29, 0.717) is 6.54 Å². The molecule has 3 heterocycles. The number of aromatic nitrogens is 1. The van der Waals surface area contributed by atoms with Gasteiger partial charge in [0.15, 0.2) is 0 Å². The summed E-state index contributed by atoms with van der Waals surface area (Å²) >= 11 is 1.77. The second-order valence-corrected chi connectivity index (χ2v) is 6.05. The lowest BCUT2D eigenvalue weighted by Gasteiger charge is -2.35. The Hall–Kier alpha value is -1.33. The Morgan fingerprint density at radius 1 is 1.47 bits per heavy atom. The van der Waals surface area contributed by atoms with Gasteiger partial charge in [0, 0.05) is 17.6 Å². The fourth-order valence-electron chi connectivity index (χ4n) is 2.18. The molecule has 2 aromatic rings. The third kappa shape index (κ3) is 1.75. The van der Waals surface area contributed by atoms with E-state index in [0.717, 1.165) is 0 Å². The number of rotatable bonds is 1. The molecule has 0 bridgehead atoms. The molecule has 17 heavy (non-hydrogen) atoms. The van der Waals surface area contributed by atoms with Crippen LogP contribution in [0.1, 0.15) is 24.8 Å². The van der Waals surface area contributed by atoms with E-state index in [1.54, 1.807) is 11.3 Å². The third-order valence-corrected chi connectivity index (χ3v) is 4.38. The van der Waals surface area contributed by atoms with Gasteiger partial charge in [-0.3, -0.25) is 10.1 Å². The highest BCUT2D eigenvalue weighted by Crippen LogP contribution is 2.31. The quantitative estimate of drug-likeness (QED) is 0.721. The highest BCUT2D eigenvalue weighted by atomic mass is 32.1. The second kappa shape index (κ2) is 3.58. The molecule has 1 aliphatic rings. The van der Waals surface area contributed by atoms with Crippen LogP contribution in [0.15, 0.2) is 18.3 Å². The van der Waals surface area contributed by atoms with Gasteiger partial charge in [-0.2, -0.15) is 0 Å². The summed E-state index contributed by atoms with van der Waals surface area (Å²) in [5, 5.41) is 6.35. The molecule has 0 radical (unpaired) electrons. The number of amides is 1. The molecule has 0 spiro atoms. The minimum atomic E-state index is -0.499. The van der Waals surface area contributed by atoms with Crippen LogP contribution in [-0.2, 0) is 4.79 Å². The first-order valence-electron chi connectivity index (χ1n) is 5.69. The van der Waals surface area contributed by atoms with Gasteiger partial charge in [0.25, 0.3) is 0 Å². The van der Waals surface area contributed by atoms with Crippen molar-refractivity contribution in [3.05, 3.63) is 23.2 Å². The Kier molecular flexibility index (Phi) is 2.27. The number of aromatic amines is 1. The molecular formula is C12H15N3OS. The summed E-state index contributed by atoms with van der Waals surface area (Å²) in [6, 6.07) is 4.44. The van der Waals surface area contributed by atoms with Gasteiger partial charge in [0.05, 0.1) is 21.8 Å². The Labute approximate surface area is 103 Å². The topological polar surface area (TPSA) is 56.9 Å². The van der Waals surface area contributed by atoms with E-state index in [4.69, 9.17) is 0 Å². The number of piperazine rings is 1. The van der Waals surface area contributed by atoms with E-state index >= 15 is 0 Å². The summed E-state index contributed by atoms with van der Waals surface area (Å²) < 4.78 is 1.26. The number of H-pyrrole nitrogens is 1. The van der Waals surface area contributed by atoms with Crippen molar-refractivity contribution in [2.45, 2.75) is 25.4 Å². The van der Waals surface area contributed by atoms with E-state index in [-0.39, 0.29) is 11.9 Å². The Bertz CT molecular complexity index is 541. The van der Waals surface area contributed by atoms with Crippen molar-refractivity contribution in [3.8, 4) is 0 Å². The zero-order chi connectivity index (χ0) is 12.0. The summed E-state index contributed by atoms with van der Waals surface area (Å²) in [7, 11) is 0. The van der Waals surface area contributed by atoms with Gasteiger partial charge in [-0.25, -0.2) is 0 Å². The molecule has 3 rings (SSSR count). The fraction of sp³-hybridized carbons (Fsp3) is 0.417. The fourth-order valence-corrected chi connectivity index (χ4v) is 3.26. The van der Waals surface area contributed by atoms with Crippen LogP contribution >= 0.6 is 11.3 Å². The van der Waals surface area contributed by atoms with Crippen molar-refractivity contribution in [1.82, 2.24) is 15.6 Å². The average Bonchev–Trinajstić information content (AvgIpc) is 2.81. The zero-order valence-corrected chi connectivity index (χ0v) is 10.6. The number of thiophene rings is 1. The number of carbonyl (C=O) groups excluding carboxylic acids is 1. The maximum absolute atomic E-state index is 11.6. The lowest BCUT2D eigenvalue weighted by Crippen LogP contribution is -2.60. The van der Waals surface area contributed by atoms with E-state index in [1.807, 2.05) is 20.0 Å². The normalized spacial score (nSPS) is 23.9. The van der Waals surface area contributed by atoms with Crippen LogP contribution in [0.5, 0.6) is 0 Å². The summed E-state index contributed by atoms with van der Waals surface area (Å²) in [6.45, 7) is 4.48. The molecule has 0 aliphatic carbocycles. The van der Waals surface area contributed by atoms with Crippen molar-refractivity contribution in [3.63, 3.8) is 0 Å². The van der Waals surface area contributed by atoms with Crippen LogP contribution in [0, 0.1) is 0 Å². The number of carbonyl (C=O) groups is 1. The maximum Gasteiger partial charge on any atom is 0.239 e. The molecule has 5 heteroatoms. The van der Waals surface area contributed by atoms with Crippen molar-refractivity contribution >= 4 is 27.5 Å². The molecule has 1 aliphatic heterocycles. The summed E-state index contributed by atoms with van der Waals surface area (Å²) in [4.78, 5) is 16.1. The van der Waals surface area contributed by atoms with E-state index in [1.165, 1.54) is 15.1 Å². The predicted molar refractivity (Wildman–Crippen MR) is 69.1 cm³/mol. The molecule has 3 N–H and O–H groups in total. The minimum absolute atomic E-state index is 0.0656. The molecular weight excluding hydrogens is 234 g/mol. The van der Waals surface area contributed by atoms with Gasteiger partial charge >= 0.3 is 0 Å². The molecule has 1 amide bonds. The third-order valence-electron chi connectivity index (χ3n) is 3.17. The number of hydrogen-bond acceptors (Lipinski definition) is 3. The molecule has 0 aromatic carbocycles.